The zero-order valence-corrected chi connectivity index (χ0v) is 18.6. The summed E-state index contributed by atoms with van der Waals surface area (Å²) in [6, 6.07) is 6.05. The molecule has 2 aliphatic heterocycles. The van der Waals surface area contributed by atoms with E-state index in [-0.39, 0.29) is 29.8 Å². The topological polar surface area (TPSA) is 50.2 Å². The maximum Gasteiger partial charge on any atom is 0.416 e. The number of hydrogen-bond donors (Lipinski definition) is 1. The number of hydrogen-bond acceptors (Lipinski definition) is 3. The number of alkyl halides is 3. The number of amides is 1. The van der Waals surface area contributed by atoms with Crippen molar-refractivity contribution < 1.29 is 18.0 Å². The van der Waals surface area contributed by atoms with E-state index in [1.807, 2.05) is 0 Å². The fraction of sp³-hybridized carbons (Fsp3) is 0.565. The number of likely N-dealkylation sites (tertiary alicyclic amines) is 1. The average Bonchev–Trinajstić information content (AvgIpc) is 3.32. The molecule has 2 saturated heterocycles. The zero-order valence-electron chi connectivity index (χ0n) is 17.8. The molecule has 2 aromatic rings. The van der Waals surface area contributed by atoms with Gasteiger partial charge in [0.05, 0.1) is 29.1 Å². The Labute approximate surface area is 191 Å². The van der Waals surface area contributed by atoms with E-state index in [9.17, 15) is 18.0 Å². The summed E-state index contributed by atoms with van der Waals surface area (Å²) in [5.41, 5.74) is 1.38. The molecule has 1 amide bonds. The number of nitrogens with one attached hydrogen (secondary N) is 1. The van der Waals surface area contributed by atoms with Crippen molar-refractivity contribution >= 4 is 18.3 Å². The standard InChI is InChI=1S/C23H27F3N4O.ClH/c24-23(25,26)20-4-2-1-3-18(20)16-9-12-29(14-16)22(31)19-13-28-30(21(19)15-5-6-15)17-7-10-27-11-8-17;/h1-4,13,15-17,27H,5-12,14H2;1H/t16-;/m1./s1. The van der Waals surface area contributed by atoms with E-state index < -0.39 is 11.7 Å². The molecule has 1 saturated carbocycles. The summed E-state index contributed by atoms with van der Waals surface area (Å²) in [6.07, 6.45) is 1.97. The van der Waals surface area contributed by atoms with Crippen molar-refractivity contribution in [3.05, 3.63) is 52.8 Å². The van der Waals surface area contributed by atoms with Crippen LogP contribution in [0.2, 0.25) is 0 Å². The quantitative estimate of drug-likeness (QED) is 0.704. The lowest BCUT2D eigenvalue weighted by atomic mass is 9.93. The van der Waals surface area contributed by atoms with Crippen molar-refractivity contribution in [1.29, 1.82) is 0 Å². The highest BCUT2D eigenvalue weighted by Crippen LogP contribution is 2.44. The molecule has 1 aliphatic carbocycles. The molecule has 0 radical (unpaired) electrons. The van der Waals surface area contributed by atoms with Crippen LogP contribution in [0.4, 0.5) is 13.2 Å². The van der Waals surface area contributed by atoms with Crippen molar-refractivity contribution in [2.24, 2.45) is 0 Å². The van der Waals surface area contributed by atoms with Gasteiger partial charge in [0.15, 0.2) is 0 Å². The van der Waals surface area contributed by atoms with E-state index in [2.05, 4.69) is 15.1 Å². The Morgan fingerprint density at radius 3 is 2.44 bits per heavy atom. The number of carbonyl (C=O) groups excluding carboxylic acids is 1. The van der Waals surface area contributed by atoms with E-state index in [0.717, 1.165) is 50.5 Å². The van der Waals surface area contributed by atoms with Crippen LogP contribution in [0, 0.1) is 0 Å². The van der Waals surface area contributed by atoms with Crippen LogP contribution in [-0.2, 0) is 6.18 Å². The molecule has 5 rings (SSSR count). The number of rotatable bonds is 4. The third-order valence-electron chi connectivity index (χ3n) is 6.86. The second kappa shape index (κ2) is 9.06. The second-order valence-electron chi connectivity index (χ2n) is 8.97. The third kappa shape index (κ3) is 4.39. The number of piperidine rings is 1. The van der Waals surface area contributed by atoms with E-state index >= 15 is 0 Å². The highest BCUT2D eigenvalue weighted by molar-refractivity contribution is 5.95. The van der Waals surface area contributed by atoms with Gasteiger partial charge in [0.25, 0.3) is 5.91 Å². The Bertz CT molecular complexity index is 966. The van der Waals surface area contributed by atoms with Gasteiger partial charge in [-0.3, -0.25) is 9.48 Å². The maximum absolute atomic E-state index is 13.5. The molecular formula is C23H28ClF3N4O. The number of aromatic nitrogens is 2. The van der Waals surface area contributed by atoms with Gasteiger partial charge in [0.1, 0.15) is 0 Å². The Morgan fingerprint density at radius 2 is 1.75 bits per heavy atom. The molecule has 3 aliphatic rings. The summed E-state index contributed by atoms with van der Waals surface area (Å²) in [6.45, 7) is 2.68. The van der Waals surface area contributed by atoms with Crippen molar-refractivity contribution in [2.75, 3.05) is 26.2 Å². The molecule has 3 heterocycles. The van der Waals surface area contributed by atoms with Crippen LogP contribution in [0.25, 0.3) is 0 Å². The lowest BCUT2D eigenvalue weighted by Crippen LogP contribution is -2.31. The molecule has 32 heavy (non-hydrogen) atoms. The summed E-state index contributed by atoms with van der Waals surface area (Å²) in [5.74, 6) is -0.0135. The first-order chi connectivity index (χ1) is 14.9. The van der Waals surface area contributed by atoms with Crippen molar-refractivity contribution in [3.63, 3.8) is 0 Å². The minimum absolute atomic E-state index is 0. The molecule has 5 nitrogen and oxygen atoms in total. The van der Waals surface area contributed by atoms with Crippen LogP contribution in [0.15, 0.2) is 30.5 Å². The first-order valence-corrected chi connectivity index (χ1v) is 11.2. The molecule has 0 bridgehead atoms. The van der Waals surface area contributed by atoms with Gasteiger partial charge in [0, 0.05) is 24.9 Å². The number of benzene rings is 1. The summed E-state index contributed by atoms with van der Waals surface area (Å²) in [7, 11) is 0. The highest BCUT2D eigenvalue weighted by Gasteiger charge is 2.40. The molecule has 1 N–H and O–H groups in total. The Hall–Kier alpha value is -2.06. The monoisotopic (exact) mass is 468 g/mol. The van der Waals surface area contributed by atoms with Gasteiger partial charge in [-0.05, 0) is 56.8 Å². The normalized spacial score (nSPS) is 22.1. The predicted molar refractivity (Wildman–Crippen MR) is 117 cm³/mol. The summed E-state index contributed by atoms with van der Waals surface area (Å²) < 4.78 is 42.4. The highest BCUT2D eigenvalue weighted by atomic mass is 35.5. The lowest BCUT2D eigenvalue weighted by molar-refractivity contribution is -0.138. The predicted octanol–water partition coefficient (Wildman–Crippen LogP) is 4.76. The van der Waals surface area contributed by atoms with Crippen LogP contribution < -0.4 is 5.32 Å². The second-order valence-corrected chi connectivity index (χ2v) is 8.97. The molecule has 1 aromatic carbocycles. The van der Waals surface area contributed by atoms with Crippen molar-refractivity contribution in [1.82, 2.24) is 20.0 Å². The molecule has 174 valence electrons. The Kier molecular flexibility index (Phi) is 6.54. The summed E-state index contributed by atoms with van der Waals surface area (Å²) >= 11 is 0. The van der Waals surface area contributed by atoms with E-state index in [1.54, 1.807) is 23.2 Å². The van der Waals surface area contributed by atoms with E-state index in [1.165, 1.54) is 6.07 Å². The minimum atomic E-state index is -4.39. The van der Waals surface area contributed by atoms with Crippen molar-refractivity contribution in [2.45, 2.75) is 56.2 Å². The first-order valence-electron chi connectivity index (χ1n) is 11.2. The molecule has 9 heteroatoms. The van der Waals surface area contributed by atoms with Crippen LogP contribution in [-0.4, -0.2) is 46.8 Å². The first kappa shape index (κ1) is 23.1. The third-order valence-corrected chi connectivity index (χ3v) is 6.86. The Morgan fingerprint density at radius 1 is 1.03 bits per heavy atom. The molecule has 0 spiro atoms. The SMILES string of the molecule is Cl.O=C(c1cnn(C2CCNCC2)c1C1CC1)N1CC[C@@H](c2ccccc2C(F)(F)F)C1. The average molecular weight is 469 g/mol. The fourth-order valence-corrected chi connectivity index (χ4v) is 5.12. The Balaban J connectivity index is 0.00000245. The summed E-state index contributed by atoms with van der Waals surface area (Å²) in [4.78, 5) is 15.1. The van der Waals surface area contributed by atoms with Gasteiger partial charge < -0.3 is 10.2 Å². The van der Waals surface area contributed by atoms with Gasteiger partial charge in [0.2, 0.25) is 0 Å². The fourth-order valence-electron chi connectivity index (χ4n) is 5.12. The minimum Gasteiger partial charge on any atom is -0.338 e. The van der Waals surface area contributed by atoms with E-state index in [4.69, 9.17) is 0 Å². The maximum atomic E-state index is 13.5. The zero-order chi connectivity index (χ0) is 21.6. The molecule has 3 fully saturated rings. The molecule has 1 aromatic heterocycles. The summed E-state index contributed by atoms with van der Waals surface area (Å²) in [5, 5.41) is 7.97. The van der Waals surface area contributed by atoms with Gasteiger partial charge in [-0.2, -0.15) is 18.3 Å². The molecule has 0 unspecified atom stereocenters. The smallest absolute Gasteiger partial charge is 0.338 e. The van der Waals surface area contributed by atoms with Gasteiger partial charge in [-0.25, -0.2) is 0 Å². The lowest BCUT2D eigenvalue weighted by Gasteiger charge is -2.25. The van der Waals surface area contributed by atoms with Crippen LogP contribution >= 0.6 is 12.4 Å². The van der Waals surface area contributed by atoms with Gasteiger partial charge >= 0.3 is 6.18 Å². The van der Waals surface area contributed by atoms with Gasteiger partial charge in [-0.1, -0.05) is 18.2 Å². The van der Waals surface area contributed by atoms with Crippen LogP contribution in [0.1, 0.15) is 77.2 Å². The van der Waals surface area contributed by atoms with Crippen LogP contribution in [0.5, 0.6) is 0 Å². The molecular weight excluding hydrogens is 441 g/mol. The van der Waals surface area contributed by atoms with Gasteiger partial charge in [-0.15, -0.1) is 12.4 Å². The van der Waals surface area contributed by atoms with Crippen molar-refractivity contribution in [3.8, 4) is 0 Å². The molecule has 1 atom stereocenters. The van der Waals surface area contributed by atoms with E-state index in [0.29, 0.717) is 37.0 Å². The number of carbonyl (C=O) groups is 1. The van der Waals surface area contributed by atoms with Crippen LogP contribution in [0.3, 0.4) is 0 Å². The largest absolute Gasteiger partial charge is 0.416 e. The number of halogens is 4. The number of nitrogens with zero attached hydrogens (tertiary/aromatic N) is 3.